The average molecular weight is 281 g/mol. The molecule has 0 amide bonds. The van der Waals surface area contributed by atoms with E-state index in [4.69, 9.17) is 0 Å². The average Bonchev–Trinajstić information content (AvgIpc) is 2.41. The SMILES string of the molecule is CCCCN(CCCC(C)(C#N)NC(C)C)C(C)CC. The van der Waals surface area contributed by atoms with Crippen molar-refractivity contribution in [1.29, 1.82) is 5.26 Å². The van der Waals surface area contributed by atoms with Gasteiger partial charge in [0, 0.05) is 12.1 Å². The predicted octanol–water partition coefficient (Wildman–Crippen LogP) is 3.95. The summed E-state index contributed by atoms with van der Waals surface area (Å²) in [7, 11) is 0. The molecule has 0 aliphatic carbocycles. The normalized spacial score (nSPS) is 16.1. The van der Waals surface area contributed by atoms with E-state index in [2.05, 4.69) is 50.9 Å². The Morgan fingerprint density at radius 2 is 1.75 bits per heavy atom. The lowest BCUT2D eigenvalue weighted by atomic mass is 9.96. The highest BCUT2D eigenvalue weighted by molar-refractivity contribution is 5.04. The summed E-state index contributed by atoms with van der Waals surface area (Å²) in [5.74, 6) is 0. The van der Waals surface area contributed by atoms with Gasteiger partial charge in [-0.2, -0.15) is 5.26 Å². The van der Waals surface area contributed by atoms with E-state index in [0.29, 0.717) is 12.1 Å². The van der Waals surface area contributed by atoms with Crippen molar-refractivity contribution in [2.75, 3.05) is 13.1 Å². The molecule has 0 aliphatic heterocycles. The molecule has 0 bridgehead atoms. The molecule has 0 saturated heterocycles. The molecule has 0 radical (unpaired) electrons. The number of nitriles is 1. The van der Waals surface area contributed by atoms with Gasteiger partial charge in [0.25, 0.3) is 0 Å². The fraction of sp³-hybridized carbons (Fsp3) is 0.941. The third kappa shape index (κ3) is 7.87. The molecule has 3 heteroatoms. The molecule has 0 aromatic heterocycles. The fourth-order valence-electron chi connectivity index (χ4n) is 2.61. The predicted molar refractivity (Wildman–Crippen MR) is 87.8 cm³/mol. The Labute approximate surface area is 126 Å². The molecule has 0 saturated carbocycles. The van der Waals surface area contributed by atoms with Gasteiger partial charge in [0.2, 0.25) is 0 Å². The van der Waals surface area contributed by atoms with Crippen LogP contribution in [0.3, 0.4) is 0 Å². The van der Waals surface area contributed by atoms with Crippen LogP contribution >= 0.6 is 0 Å². The van der Waals surface area contributed by atoms with Crippen molar-refractivity contribution in [3.05, 3.63) is 0 Å². The van der Waals surface area contributed by atoms with Crippen molar-refractivity contribution in [2.24, 2.45) is 0 Å². The second-order valence-electron chi connectivity index (χ2n) is 6.49. The van der Waals surface area contributed by atoms with Crippen LogP contribution in [0.2, 0.25) is 0 Å². The van der Waals surface area contributed by atoms with E-state index < -0.39 is 0 Å². The van der Waals surface area contributed by atoms with Gasteiger partial charge >= 0.3 is 0 Å². The fourth-order valence-corrected chi connectivity index (χ4v) is 2.61. The number of nitrogens with one attached hydrogen (secondary N) is 1. The standard InChI is InChI=1S/C17H35N3/c1-7-9-12-20(16(5)8-2)13-10-11-17(6,14-18)19-15(3)4/h15-16,19H,7-13H2,1-6H3. The minimum atomic E-state index is -0.389. The molecule has 118 valence electrons. The van der Waals surface area contributed by atoms with Crippen LogP contribution in [-0.4, -0.2) is 35.6 Å². The third-order valence-electron chi connectivity index (χ3n) is 3.99. The second kappa shape index (κ2) is 10.2. The number of rotatable bonds is 11. The van der Waals surface area contributed by atoms with Gasteiger partial charge in [0.05, 0.1) is 6.07 Å². The minimum absolute atomic E-state index is 0.352. The summed E-state index contributed by atoms with van der Waals surface area (Å²) < 4.78 is 0. The lowest BCUT2D eigenvalue weighted by molar-refractivity contribution is 0.191. The van der Waals surface area contributed by atoms with E-state index in [0.717, 1.165) is 19.4 Å². The Balaban J connectivity index is 4.30. The zero-order chi connectivity index (χ0) is 15.6. The van der Waals surface area contributed by atoms with Crippen LogP contribution < -0.4 is 5.32 Å². The van der Waals surface area contributed by atoms with Gasteiger partial charge in [0.1, 0.15) is 5.54 Å². The Morgan fingerprint density at radius 3 is 2.20 bits per heavy atom. The molecular weight excluding hydrogens is 246 g/mol. The summed E-state index contributed by atoms with van der Waals surface area (Å²) in [5, 5.41) is 12.8. The van der Waals surface area contributed by atoms with Crippen LogP contribution in [0, 0.1) is 11.3 Å². The summed E-state index contributed by atoms with van der Waals surface area (Å²) in [6.45, 7) is 15.3. The number of unbranched alkanes of at least 4 members (excludes halogenated alkanes) is 1. The first-order valence-electron chi connectivity index (χ1n) is 8.31. The molecule has 3 nitrogen and oxygen atoms in total. The molecule has 0 aromatic carbocycles. The van der Waals surface area contributed by atoms with Gasteiger partial charge in [-0.1, -0.05) is 20.3 Å². The van der Waals surface area contributed by atoms with Gasteiger partial charge in [-0.05, 0) is 66.5 Å². The van der Waals surface area contributed by atoms with E-state index in [-0.39, 0.29) is 5.54 Å². The highest BCUT2D eigenvalue weighted by atomic mass is 15.1. The topological polar surface area (TPSA) is 39.1 Å². The van der Waals surface area contributed by atoms with Crippen molar-refractivity contribution >= 4 is 0 Å². The van der Waals surface area contributed by atoms with Crippen molar-refractivity contribution in [1.82, 2.24) is 10.2 Å². The number of nitrogens with zero attached hydrogens (tertiary/aromatic N) is 2. The van der Waals surface area contributed by atoms with Crippen molar-refractivity contribution in [2.45, 2.75) is 91.3 Å². The molecule has 0 rings (SSSR count). The molecule has 2 atom stereocenters. The molecule has 0 aliphatic rings. The highest BCUT2D eigenvalue weighted by Crippen LogP contribution is 2.15. The van der Waals surface area contributed by atoms with Crippen LogP contribution in [0.15, 0.2) is 0 Å². The van der Waals surface area contributed by atoms with E-state index in [1.54, 1.807) is 0 Å². The maximum absolute atomic E-state index is 9.37. The molecule has 2 unspecified atom stereocenters. The summed E-state index contributed by atoms with van der Waals surface area (Å²) in [5.41, 5.74) is -0.389. The van der Waals surface area contributed by atoms with E-state index in [9.17, 15) is 5.26 Å². The number of hydrogen-bond acceptors (Lipinski definition) is 3. The maximum atomic E-state index is 9.37. The van der Waals surface area contributed by atoms with Crippen molar-refractivity contribution in [3.63, 3.8) is 0 Å². The Bertz CT molecular complexity index is 282. The molecule has 0 spiro atoms. The first kappa shape index (κ1) is 19.4. The van der Waals surface area contributed by atoms with Crippen LogP contribution in [0.5, 0.6) is 0 Å². The van der Waals surface area contributed by atoms with Gasteiger partial charge in [-0.3, -0.25) is 5.32 Å². The zero-order valence-corrected chi connectivity index (χ0v) is 14.5. The highest BCUT2D eigenvalue weighted by Gasteiger charge is 2.24. The Hall–Kier alpha value is -0.590. The quantitative estimate of drug-likeness (QED) is 0.623. The van der Waals surface area contributed by atoms with Gasteiger partial charge < -0.3 is 4.90 Å². The summed E-state index contributed by atoms with van der Waals surface area (Å²) >= 11 is 0. The molecule has 0 fully saturated rings. The van der Waals surface area contributed by atoms with Crippen LogP contribution in [-0.2, 0) is 0 Å². The van der Waals surface area contributed by atoms with E-state index in [1.165, 1.54) is 25.8 Å². The first-order chi connectivity index (χ1) is 9.38. The smallest absolute Gasteiger partial charge is 0.104 e. The van der Waals surface area contributed by atoms with Gasteiger partial charge in [0.15, 0.2) is 0 Å². The first-order valence-corrected chi connectivity index (χ1v) is 8.31. The Morgan fingerprint density at radius 1 is 1.15 bits per heavy atom. The van der Waals surface area contributed by atoms with Crippen LogP contribution in [0.1, 0.15) is 73.6 Å². The summed E-state index contributed by atoms with van der Waals surface area (Å²) in [6, 6.07) is 3.44. The maximum Gasteiger partial charge on any atom is 0.104 e. The molecular formula is C17H35N3. The van der Waals surface area contributed by atoms with Gasteiger partial charge in [-0.15, -0.1) is 0 Å². The lowest BCUT2D eigenvalue weighted by Crippen LogP contribution is -2.45. The van der Waals surface area contributed by atoms with Crippen molar-refractivity contribution < 1.29 is 0 Å². The summed E-state index contributed by atoms with van der Waals surface area (Å²) in [4.78, 5) is 2.58. The van der Waals surface area contributed by atoms with E-state index >= 15 is 0 Å². The largest absolute Gasteiger partial charge is 0.301 e. The number of hydrogen-bond donors (Lipinski definition) is 1. The van der Waals surface area contributed by atoms with Crippen molar-refractivity contribution in [3.8, 4) is 6.07 Å². The summed E-state index contributed by atoms with van der Waals surface area (Å²) in [6.07, 6.45) is 5.71. The van der Waals surface area contributed by atoms with Gasteiger partial charge in [-0.25, -0.2) is 0 Å². The monoisotopic (exact) mass is 281 g/mol. The Kier molecular flexibility index (Phi) is 9.88. The zero-order valence-electron chi connectivity index (χ0n) is 14.5. The molecule has 20 heavy (non-hydrogen) atoms. The van der Waals surface area contributed by atoms with E-state index in [1.807, 2.05) is 6.92 Å². The second-order valence-corrected chi connectivity index (χ2v) is 6.49. The minimum Gasteiger partial charge on any atom is -0.301 e. The molecule has 0 heterocycles. The van der Waals surface area contributed by atoms with Crippen LogP contribution in [0.4, 0.5) is 0 Å². The third-order valence-corrected chi connectivity index (χ3v) is 3.99. The molecule has 1 N–H and O–H groups in total. The lowest BCUT2D eigenvalue weighted by Gasteiger charge is -2.31. The molecule has 0 aromatic rings. The van der Waals surface area contributed by atoms with Crippen LogP contribution in [0.25, 0.3) is 0 Å².